The van der Waals surface area contributed by atoms with Gasteiger partial charge in [0.2, 0.25) is 0 Å². The van der Waals surface area contributed by atoms with E-state index >= 15 is 0 Å². The second-order valence-corrected chi connectivity index (χ2v) is 6.75. The smallest absolute Gasteiger partial charge is 0.126 e. The van der Waals surface area contributed by atoms with Gasteiger partial charge in [-0.3, -0.25) is 4.99 Å². The standard InChI is InChI=1S/C21H22N2O/c1-15-8-9-18(24-13-17-6-4-3-5-7-17)19-20(15)23-14-21(19)10-11-22-16(2)12-21/h3-9,14,22H,2,10-13H2,1H3. The number of allylic oxidation sites excluding steroid dienone is 1. The fourth-order valence-corrected chi connectivity index (χ4v) is 3.75. The molecule has 122 valence electrons. The zero-order valence-corrected chi connectivity index (χ0v) is 14.0. The molecule has 1 fully saturated rings. The quantitative estimate of drug-likeness (QED) is 0.908. The fraction of sp³-hybridized carbons (Fsp3) is 0.286. The molecule has 2 aromatic carbocycles. The van der Waals surface area contributed by atoms with Crippen LogP contribution in [0.4, 0.5) is 5.69 Å². The highest BCUT2D eigenvalue weighted by molar-refractivity contribution is 5.89. The van der Waals surface area contributed by atoms with Crippen molar-refractivity contribution in [3.05, 3.63) is 71.4 Å². The van der Waals surface area contributed by atoms with Gasteiger partial charge in [0.25, 0.3) is 0 Å². The van der Waals surface area contributed by atoms with Crippen LogP contribution in [0, 0.1) is 6.92 Å². The number of benzene rings is 2. The van der Waals surface area contributed by atoms with Crippen molar-refractivity contribution >= 4 is 11.9 Å². The summed E-state index contributed by atoms with van der Waals surface area (Å²) in [4.78, 5) is 4.75. The van der Waals surface area contributed by atoms with Crippen LogP contribution in [-0.2, 0) is 12.0 Å². The van der Waals surface area contributed by atoms with Gasteiger partial charge in [0.15, 0.2) is 0 Å². The molecule has 2 aliphatic rings. The van der Waals surface area contributed by atoms with Gasteiger partial charge in [-0.05, 0) is 30.5 Å². The molecule has 1 atom stereocenters. The molecule has 4 rings (SSSR count). The summed E-state index contributed by atoms with van der Waals surface area (Å²) < 4.78 is 6.22. The number of ether oxygens (including phenoxy) is 1. The number of rotatable bonds is 3. The maximum Gasteiger partial charge on any atom is 0.126 e. The Balaban J connectivity index is 1.70. The number of hydrogen-bond acceptors (Lipinski definition) is 3. The van der Waals surface area contributed by atoms with Crippen molar-refractivity contribution < 1.29 is 4.74 Å². The lowest BCUT2D eigenvalue weighted by molar-refractivity contribution is 0.296. The van der Waals surface area contributed by atoms with E-state index in [1.807, 2.05) is 18.2 Å². The maximum absolute atomic E-state index is 6.22. The predicted octanol–water partition coefficient (Wildman–Crippen LogP) is 4.42. The van der Waals surface area contributed by atoms with Crippen LogP contribution in [0.25, 0.3) is 0 Å². The minimum Gasteiger partial charge on any atom is -0.489 e. The number of nitrogens with one attached hydrogen (secondary N) is 1. The summed E-state index contributed by atoms with van der Waals surface area (Å²) in [6, 6.07) is 14.5. The molecule has 0 bridgehead atoms. The van der Waals surface area contributed by atoms with Crippen molar-refractivity contribution in [3.63, 3.8) is 0 Å². The van der Waals surface area contributed by atoms with E-state index in [-0.39, 0.29) is 5.41 Å². The first-order chi connectivity index (χ1) is 11.7. The summed E-state index contributed by atoms with van der Waals surface area (Å²) in [5, 5.41) is 3.36. The van der Waals surface area contributed by atoms with E-state index in [1.165, 1.54) is 16.7 Å². The average molecular weight is 318 g/mol. The van der Waals surface area contributed by atoms with Crippen molar-refractivity contribution in [2.75, 3.05) is 6.54 Å². The third-order valence-corrected chi connectivity index (χ3v) is 4.99. The summed E-state index contributed by atoms with van der Waals surface area (Å²) >= 11 is 0. The molecule has 1 unspecified atom stereocenters. The molecule has 1 spiro atoms. The maximum atomic E-state index is 6.22. The number of fused-ring (bicyclic) bond motifs is 2. The first-order valence-corrected chi connectivity index (χ1v) is 8.46. The predicted molar refractivity (Wildman–Crippen MR) is 98.2 cm³/mol. The van der Waals surface area contributed by atoms with Crippen LogP contribution in [0.3, 0.4) is 0 Å². The lowest BCUT2D eigenvalue weighted by atomic mass is 9.73. The number of nitrogens with zero attached hydrogens (tertiary/aromatic N) is 1. The third-order valence-electron chi connectivity index (χ3n) is 4.99. The lowest BCUT2D eigenvalue weighted by Gasteiger charge is -2.35. The monoisotopic (exact) mass is 318 g/mol. The molecule has 0 radical (unpaired) electrons. The van der Waals surface area contributed by atoms with E-state index in [0.29, 0.717) is 6.61 Å². The Labute approximate surface area is 143 Å². The molecule has 0 aliphatic carbocycles. The van der Waals surface area contributed by atoms with Crippen molar-refractivity contribution in [2.24, 2.45) is 4.99 Å². The fourth-order valence-electron chi connectivity index (χ4n) is 3.75. The molecule has 24 heavy (non-hydrogen) atoms. The van der Waals surface area contributed by atoms with Gasteiger partial charge in [-0.1, -0.05) is 43.0 Å². The molecule has 0 aromatic heterocycles. The molecular formula is C21H22N2O. The minimum atomic E-state index is -0.0737. The lowest BCUT2D eigenvalue weighted by Crippen LogP contribution is -2.38. The van der Waals surface area contributed by atoms with Crippen LogP contribution in [0.1, 0.15) is 29.5 Å². The summed E-state index contributed by atoms with van der Waals surface area (Å²) in [6.07, 6.45) is 4.02. The van der Waals surface area contributed by atoms with E-state index in [4.69, 9.17) is 9.73 Å². The van der Waals surface area contributed by atoms with Crippen LogP contribution in [0.5, 0.6) is 5.75 Å². The Hall–Kier alpha value is -2.55. The molecule has 3 heteroatoms. The van der Waals surface area contributed by atoms with Gasteiger partial charge in [-0.25, -0.2) is 0 Å². The first kappa shape index (κ1) is 15.0. The van der Waals surface area contributed by atoms with Crippen molar-refractivity contribution in [2.45, 2.75) is 31.8 Å². The summed E-state index contributed by atoms with van der Waals surface area (Å²) in [7, 11) is 0. The summed E-state index contributed by atoms with van der Waals surface area (Å²) in [5.74, 6) is 0.951. The van der Waals surface area contributed by atoms with Gasteiger partial charge in [0.05, 0.1) is 5.69 Å². The van der Waals surface area contributed by atoms with Gasteiger partial charge >= 0.3 is 0 Å². The van der Waals surface area contributed by atoms with Crippen molar-refractivity contribution in [1.82, 2.24) is 5.32 Å². The topological polar surface area (TPSA) is 33.6 Å². The van der Waals surface area contributed by atoms with E-state index in [9.17, 15) is 0 Å². The zero-order chi connectivity index (χ0) is 16.6. The van der Waals surface area contributed by atoms with Gasteiger partial charge in [0, 0.05) is 35.9 Å². The largest absolute Gasteiger partial charge is 0.489 e. The Morgan fingerprint density at radius 1 is 1.21 bits per heavy atom. The Morgan fingerprint density at radius 2 is 2.04 bits per heavy atom. The molecule has 2 heterocycles. The van der Waals surface area contributed by atoms with Crippen LogP contribution >= 0.6 is 0 Å². The second-order valence-electron chi connectivity index (χ2n) is 6.75. The van der Waals surface area contributed by atoms with Crippen molar-refractivity contribution in [1.29, 1.82) is 0 Å². The molecule has 1 N–H and O–H groups in total. The number of aryl methyl sites for hydroxylation is 1. The SMILES string of the molecule is C=C1CC2(C=Nc3c(C)ccc(OCc4ccccc4)c32)CCN1. The highest BCUT2D eigenvalue weighted by Crippen LogP contribution is 2.50. The van der Waals surface area contributed by atoms with E-state index < -0.39 is 0 Å². The van der Waals surface area contributed by atoms with E-state index in [2.05, 4.69) is 49.3 Å². The average Bonchev–Trinajstić information content (AvgIpc) is 2.95. The Morgan fingerprint density at radius 3 is 2.83 bits per heavy atom. The molecule has 2 aliphatic heterocycles. The van der Waals surface area contributed by atoms with E-state index in [0.717, 1.165) is 36.5 Å². The Kier molecular flexibility index (Phi) is 3.64. The number of hydrogen-bond donors (Lipinski definition) is 1. The molecular weight excluding hydrogens is 296 g/mol. The zero-order valence-electron chi connectivity index (χ0n) is 14.0. The third kappa shape index (κ3) is 2.50. The second kappa shape index (κ2) is 5.82. The molecule has 3 nitrogen and oxygen atoms in total. The molecule has 0 saturated carbocycles. The van der Waals surface area contributed by atoms with Gasteiger partial charge in [0.1, 0.15) is 12.4 Å². The van der Waals surface area contributed by atoms with Gasteiger partial charge < -0.3 is 10.1 Å². The molecule has 2 aromatic rings. The summed E-state index contributed by atoms with van der Waals surface area (Å²) in [5.41, 5.74) is 5.70. The van der Waals surface area contributed by atoms with Crippen LogP contribution in [-0.4, -0.2) is 12.8 Å². The van der Waals surface area contributed by atoms with Crippen LogP contribution in [0.2, 0.25) is 0 Å². The van der Waals surface area contributed by atoms with Gasteiger partial charge in [-0.15, -0.1) is 0 Å². The first-order valence-electron chi connectivity index (χ1n) is 8.46. The number of aliphatic imine (C=N–C) groups is 1. The highest BCUT2D eigenvalue weighted by Gasteiger charge is 2.41. The number of piperidine rings is 1. The van der Waals surface area contributed by atoms with E-state index in [1.54, 1.807) is 0 Å². The molecule has 1 saturated heterocycles. The van der Waals surface area contributed by atoms with Crippen LogP contribution in [0.15, 0.2) is 59.7 Å². The Bertz CT molecular complexity index is 810. The highest BCUT2D eigenvalue weighted by atomic mass is 16.5. The normalized spacial score (nSPS) is 21.6. The van der Waals surface area contributed by atoms with Crippen LogP contribution < -0.4 is 10.1 Å². The molecule has 0 amide bonds. The summed E-state index contributed by atoms with van der Waals surface area (Å²) in [6.45, 7) is 7.76. The minimum absolute atomic E-state index is 0.0737. The van der Waals surface area contributed by atoms with Gasteiger partial charge in [-0.2, -0.15) is 0 Å². The van der Waals surface area contributed by atoms with Crippen molar-refractivity contribution in [3.8, 4) is 5.75 Å².